The summed E-state index contributed by atoms with van der Waals surface area (Å²) < 4.78 is 9.92. The Morgan fingerprint density at radius 3 is 2.50 bits per heavy atom. The second kappa shape index (κ2) is 9.00. The number of hydrogen-bond acceptors (Lipinski definition) is 6. The number of cyclic esters (lactones) is 1. The summed E-state index contributed by atoms with van der Waals surface area (Å²) >= 11 is 0. The molecule has 1 unspecified atom stereocenters. The summed E-state index contributed by atoms with van der Waals surface area (Å²) in [4.78, 5) is 48.4. The average molecular weight is 405 g/mol. The van der Waals surface area contributed by atoms with Crippen LogP contribution in [0.4, 0.5) is 5.69 Å². The Labute approximate surface area is 173 Å². The smallest absolute Gasteiger partial charge is 0.329 e. The third-order valence-corrected chi connectivity index (χ3v) is 4.35. The minimum absolute atomic E-state index is 0.165. The Kier molecular flexibility index (Phi) is 6.22. The minimum Gasteiger partial charge on any atom is -0.497 e. The van der Waals surface area contributed by atoms with Crippen LogP contribution in [0.1, 0.15) is 22.8 Å². The molecule has 0 aliphatic carbocycles. The molecule has 1 amide bonds. The monoisotopic (exact) mass is 405 g/mol. The number of carbonyl (C=O) groups excluding carboxylic acids is 4. The lowest BCUT2D eigenvalue weighted by Crippen LogP contribution is -2.34. The van der Waals surface area contributed by atoms with Gasteiger partial charge in [-0.05, 0) is 55.0 Å². The lowest BCUT2D eigenvalue weighted by molar-refractivity contribution is -0.151. The zero-order chi connectivity index (χ0) is 21.7. The molecule has 1 aliphatic rings. The summed E-state index contributed by atoms with van der Waals surface area (Å²) in [5.74, 6) is -3.11. The quantitative estimate of drug-likeness (QED) is 0.450. The summed E-state index contributed by atoms with van der Waals surface area (Å²) in [7, 11) is 1.55. The van der Waals surface area contributed by atoms with Gasteiger partial charge in [-0.1, -0.05) is 18.2 Å². The van der Waals surface area contributed by atoms with Crippen LogP contribution >= 0.6 is 0 Å². The fraction of sp³-hybridized carbons (Fsp3) is 0.130. The summed E-state index contributed by atoms with van der Waals surface area (Å²) in [5.41, 5.74) is 1.60. The highest BCUT2D eigenvalue weighted by molar-refractivity contribution is 6.25. The van der Waals surface area contributed by atoms with Gasteiger partial charge in [0.15, 0.2) is 17.5 Å². The minimum atomic E-state index is -1.48. The summed E-state index contributed by atoms with van der Waals surface area (Å²) in [5, 5.41) is 2.77. The van der Waals surface area contributed by atoms with Crippen molar-refractivity contribution < 1.29 is 28.7 Å². The number of rotatable bonds is 6. The largest absolute Gasteiger partial charge is 0.497 e. The van der Waals surface area contributed by atoms with Crippen molar-refractivity contribution in [3.63, 3.8) is 0 Å². The average Bonchev–Trinajstić information content (AvgIpc) is 2.72. The van der Waals surface area contributed by atoms with Gasteiger partial charge in [-0.25, -0.2) is 0 Å². The van der Waals surface area contributed by atoms with E-state index in [1.807, 2.05) is 0 Å². The maximum absolute atomic E-state index is 12.4. The number of nitrogens with one attached hydrogen (secondary N) is 1. The van der Waals surface area contributed by atoms with Gasteiger partial charge < -0.3 is 14.8 Å². The van der Waals surface area contributed by atoms with E-state index in [2.05, 4.69) is 5.32 Å². The van der Waals surface area contributed by atoms with Gasteiger partial charge in [0.25, 0.3) is 5.91 Å². The van der Waals surface area contributed by atoms with Crippen molar-refractivity contribution in [2.45, 2.75) is 6.92 Å². The molecule has 0 fully saturated rings. The molecule has 0 radical (unpaired) electrons. The zero-order valence-electron chi connectivity index (χ0n) is 16.4. The zero-order valence-corrected chi connectivity index (χ0v) is 16.4. The number of anilines is 1. The molecule has 1 heterocycles. The number of amides is 1. The molecule has 0 spiro atoms. The number of hydrogen-bond donors (Lipinski definition) is 1. The van der Waals surface area contributed by atoms with E-state index in [1.165, 1.54) is 13.0 Å². The first kappa shape index (κ1) is 20.7. The van der Waals surface area contributed by atoms with E-state index in [9.17, 15) is 19.2 Å². The molecular formula is C23H19NO6. The molecule has 30 heavy (non-hydrogen) atoms. The van der Waals surface area contributed by atoms with Crippen molar-refractivity contribution in [2.24, 2.45) is 5.92 Å². The van der Waals surface area contributed by atoms with E-state index in [1.54, 1.807) is 55.6 Å². The highest BCUT2D eigenvalue weighted by Crippen LogP contribution is 2.18. The molecule has 7 heteroatoms. The van der Waals surface area contributed by atoms with Crippen molar-refractivity contribution in [1.29, 1.82) is 0 Å². The second-order valence-electron chi connectivity index (χ2n) is 6.56. The summed E-state index contributed by atoms with van der Waals surface area (Å²) in [6.07, 6.45) is 3.76. The number of esters is 1. The normalized spacial score (nSPS) is 16.1. The predicted molar refractivity (Wildman–Crippen MR) is 110 cm³/mol. The number of methoxy groups -OCH3 is 1. The van der Waals surface area contributed by atoms with E-state index < -0.39 is 23.5 Å². The molecule has 2 aromatic carbocycles. The molecule has 7 nitrogen and oxygen atoms in total. The van der Waals surface area contributed by atoms with Crippen LogP contribution in [-0.2, 0) is 19.1 Å². The number of ketones is 2. The van der Waals surface area contributed by atoms with Gasteiger partial charge in [0, 0.05) is 17.3 Å². The van der Waals surface area contributed by atoms with Crippen LogP contribution in [0.2, 0.25) is 0 Å². The highest BCUT2D eigenvalue weighted by atomic mass is 16.5. The molecule has 0 saturated carbocycles. The van der Waals surface area contributed by atoms with Crippen LogP contribution in [0.5, 0.6) is 5.75 Å². The van der Waals surface area contributed by atoms with E-state index in [0.29, 0.717) is 22.6 Å². The van der Waals surface area contributed by atoms with E-state index in [-0.39, 0.29) is 11.7 Å². The highest BCUT2D eigenvalue weighted by Gasteiger charge is 2.36. The Bertz CT molecular complexity index is 1070. The molecule has 2 aromatic rings. The number of ether oxygens (including phenoxy) is 2. The van der Waals surface area contributed by atoms with Gasteiger partial charge in [-0.15, -0.1) is 0 Å². The predicted octanol–water partition coefficient (Wildman–Crippen LogP) is 3.18. The van der Waals surface area contributed by atoms with E-state index >= 15 is 0 Å². The third kappa shape index (κ3) is 4.88. The third-order valence-electron chi connectivity index (χ3n) is 4.35. The van der Waals surface area contributed by atoms with Crippen molar-refractivity contribution in [3.05, 3.63) is 77.6 Å². The molecule has 1 atom stereocenters. The molecule has 0 saturated heterocycles. The second-order valence-corrected chi connectivity index (χ2v) is 6.56. The van der Waals surface area contributed by atoms with Crippen LogP contribution in [0.25, 0.3) is 6.08 Å². The fourth-order valence-electron chi connectivity index (χ4n) is 2.84. The molecule has 1 aliphatic heterocycles. The molecule has 0 bridgehead atoms. The van der Waals surface area contributed by atoms with Gasteiger partial charge in [0.2, 0.25) is 0 Å². The van der Waals surface area contributed by atoms with Gasteiger partial charge in [-0.2, -0.15) is 0 Å². The standard InChI is InChI=1S/C23H19NO6/c1-14-12-20(26)21(23(28)30-14)19(25)11-6-15-4-3-5-17(13-15)24-22(27)16-7-9-18(29-2)10-8-16/h3-13,21H,1-2H3,(H,24,27)/b11-6+. The molecule has 3 rings (SSSR count). The van der Waals surface area contributed by atoms with Gasteiger partial charge >= 0.3 is 5.97 Å². The van der Waals surface area contributed by atoms with Crippen LogP contribution in [-0.4, -0.2) is 30.6 Å². The Balaban J connectivity index is 1.69. The summed E-state index contributed by atoms with van der Waals surface area (Å²) in [6.45, 7) is 1.47. The van der Waals surface area contributed by atoms with Crippen LogP contribution in [0, 0.1) is 5.92 Å². The topological polar surface area (TPSA) is 98.8 Å². The lowest BCUT2D eigenvalue weighted by atomic mass is 9.96. The van der Waals surface area contributed by atoms with Crippen molar-refractivity contribution in [2.75, 3.05) is 12.4 Å². The maximum Gasteiger partial charge on any atom is 0.329 e. The number of carbonyl (C=O) groups is 4. The first-order valence-electron chi connectivity index (χ1n) is 9.08. The molecule has 1 N–H and O–H groups in total. The van der Waals surface area contributed by atoms with Crippen LogP contribution < -0.4 is 10.1 Å². The molecule has 152 valence electrons. The Hall–Kier alpha value is -4.00. The first-order chi connectivity index (χ1) is 14.4. The van der Waals surface area contributed by atoms with Gasteiger partial charge in [0.1, 0.15) is 11.5 Å². The van der Waals surface area contributed by atoms with Crippen molar-refractivity contribution in [1.82, 2.24) is 0 Å². The Morgan fingerprint density at radius 2 is 1.83 bits per heavy atom. The molecular weight excluding hydrogens is 386 g/mol. The lowest BCUT2D eigenvalue weighted by Gasteiger charge is -2.15. The van der Waals surface area contributed by atoms with E-state index in [4.69, 9.17) is 9.47 Å². The number of allylic oxidation sites excluding steroid dienone is 3. The van der Waals surface area contributed by atoms with Crippen LogP contribution in [0.15, 0.2) is 66.4 Å². The van der Waals surface area contributed by atoms with Gasteiger partial charge in [0.05, 0.1) is 7.11 Å². The SMILES string of the molecule is COc1ccc(C(=O)Nc2cccc(/C=C/C(=O)C3C(=O)C=C(C)OC3=O)c2)cc1. The van der Waals surface area contributed by atoms with Crippen molar-refractivity contribution in [3.8, 4) is 5.75 Å². The maximum atomic E-state index is 12.4. The van der Waals surface area contributed by atoms with Crippen molar-refractivity contribution >= 4 is 35.2 Å². The Morgan fingerprint density at radius 1 is 1.10 bits per heavy atom. The first-order valence-corrected chi connectivity index (χ1v) is 9.08. The fourth-order valence-corrected chi connectivity index (χ4v) is 2.84. The van der Waals surface area contributed by atoms with Crippen LogP contribution in [0.3, 0.4) is 0 Å². The van der Waals surface area contributed by atoms with Gasteiger partial charge in [-0.3, -0.25) is 19.2 Å². The molecule has 0 aromatic heterocycles. The number of benzene rings is 2. The van der Waals surface area contributed by atoms with E-state index in [0.717, 1.165) is 12.2 Å². The summed E-state index contributed by atoms with van der Waals surface area (Å²) in [6, 6.07) is 13.5.